The Morgan fingerprint density at radius 1 is 1.29 bits per heavy atom. The summed E-state index contributed by atoms with van der Waals surface area (Å²) in [6, 6.07) is 6.97. The SMILES string of the molecule is O=c1cc(N2CCCC(O)(Cn3ccnn3)C2)nc2ccccn12. The van der Waals surface area contributed by atoms with Gasteiger partial charge in [0.15, 0.2) is 0 Å². The van der Waals surface area contributed by atoms with E-state index in [1.807, 2.05) is 11.0 Å². The smallest absolute Gasteiger partial charge is 0.259 e. The number of aromatic nitrogens is 5. The standard InChI is InChI=1S/C16H18N6O2/c23-15-10-14(18-13-4-1-2-8-22(13)15)20-7-3-5-16(24,11-20)12-21-9-6-17-19-21/h1-2,4,6,8-10,24H,3,5,7,11-12H2. The van der Waals surface area contributed by atoms with Crippen molar-refractivity contribution < 1.29 is 5.11 Å². The van der Waals surface area contributed by atoms with E-state index in [2.05, 4.69) is 15.3 Å². The van der Waals surface area contributed by atoms with Crippen LogP contribution in [0.4, 0.5) is 5.82 Å². The molecule has 1 atom stereocenters. The monoisotopic (exact) mass is 326 g/mol. The normalized spacial score (nSPS) is 21.3. The van der Waals surface area contributed by atoms with Gasteiger partial charge >= 0.3 is 0 Å². The number of nitrogens with zero attached hydrogens (tertiary/aromatic N) is 6. The number of fused-ring (bicyclic) bond motifs is 1. The van der Waals surface area contributed by atoms with Crippen molar-refractivity contribution >= 4 is 11.5 Å². The van der Waals surface area contributed by atoms with E-state index in [0.29, 0.717) is 31.0 Å². The predicted octanol–water partition coefficient (Wildman–Crippen LogP) is 0.317. The molecule has 0 saturated carbocycles. The third-order valence-electron chi connectivity index (χ3n) is 4.37. The van der Waals surface area contributed by atoms with Crippen molar-refractivity contribution in [3.05, 3.63) is 53.2 Å². The molecular weight excluding hydrogens is 308 g/mol. The Kier molecular flexibility index (Phi) is 3.53. The Bertz CT molecular complexity index is 906. The molecule has 0 aromatic carbocycles. The number of aliphatic hydroxyl groups is 1. The van der Waals surface area contributed by atoms with Crippen molar-refractivity contribution in [1.29, 1.82) is 0 Å². The third-order valence-corrected chi connectivity index (χ3v) is 4.37. The predicted molar refractivity (Wildman–Crippen MR) is 87.9 cm³/mol. The van der Waals surface area contributed by atoms with Gasteiger partial charge in [-0.3, -0.25) is 9.20 Å². The zero-order chi connectivity index (χ0) is 16.6. The van der Waals surface area contributed by atoms with E-state index in [4.69, 9.17) is 0 Å². The van der Waals surface area contributed by atoms with Crippen LogP contribution in [0.2, 0.25) is 0 Å². The van der Waals surface area contributed by atoms with Crippen LogP contribution in [0.1, 0.15) is 12.8 Å². The molecular formula is C16H18N6O2. The number of piperidine rings is 1. The van der Waals surface area contributed by atoms with E-state index in [0.717, 1.165) is 13.0 Å². The fraction of sp³-hybridized carbons (Fsp3) is 0.375. The van der Waals surface area contributed by atoms with Gasteiger partial charge in [-0.05, 0) is 25.0 Å². The summed E-state index contributed by atoms with van der Waals surface area (Å²) >= 11 is 0. The second kappa shape index (κ2) is 5.72. The van der Waals surface area contributed by atoms with Gasteiger partial charge in [-0.25, -0.2) is 9.67 Å². The molecule has 1 aliphatic heterocycles. The molecule has 1 unspecified atom stereocenters. The number of pyridine rings is 1. The summed E-state index contributed by atoms with van der Waals surface area (Å²) in [4.78, 5) is 18.8. The Morgan fingerprint density at radius 3 is 3.04 bits per heavy atom. The quantitative estimate of drug-likeness (QED) is 0.745. The maximum atomic E-state index is 12.3. The van der Waals surface area contributed by atoms with Crippen molar-refractivity contribution in [1.82, 2.24) is 24.4 Å². The second-order valence-electron chi connectivity index (χ2n) is 6.23. The lowest BCUT2D eigenvalue weighted by atomic mass is 9.93. The number of rotatable bonds is 3. The first-order chi connectivity index (χ1) is 11.6. The molecule has 24 heavy (non-hydrogen) atoms. The second-order valence-corrected chi connectivity index (χ2v) is 6.23. The van der Waals surface area contributed by atoms with Crippen molar-refractivity contribution in [2.45, 2.75) is 25.0 Å². The van der Waals surface area contributed by atoms with Gasteiger partial charge in [0.1, 0.15) is 17.1 Å². The Balaban J connectivity index is 1.63. The minimum atomic E-state index is -0.921. The first-order valence-electron chi connectivity index (χ1n) is 7.93. The summed E-state index contributed by atoms with van der Waals surface area (Å²) in [5.74, 6) is 0.600. The van der Waals surface area contributed by atoms with Gasteiger partial charge in [-0.15, -0.1) is 5.10 Å². The van der Waals surface area contributed by atoms with E-state index in [9.17, 15) is 9.90 Å². The van der Waals surface area contributed by atoms with E-state index >= 15 is 0 Å². The van der Waals surface area contributed by atoms with Crippen molar-refractivity contribution in [3.8, 4) is 0 Å². The summed E-state index contributed by atoms with van der Waals surface area (Å²) < 4.78 is 3.14. The lowest BCUT2D eigenvalue weighted by Gasteiger charge is -2.39. The molecule has 3 aromatic rings. The highest BCUT2D eigenvalue weighted by Gasteiger charge is 2.34. The Morgan fingerprint density at radius 2 is 2.21 bits per heavy atom. The first-order valence-corrected chi connectivity index (χ1v) is 7.93. The molecule has 1 aliphatic rings. The Labute approximate surface area is 138 Å². The highest BCUT2D eigenvalue weighted by molar-refractivity contribution is 5.48. The van der Waals surface area contributed by atoms with Gasteiger partial charge in [0.25, 0.3) is 5.56 Å². The zero-order valence-electron chi connectivity index (χ0n) is 13.1. The highest BCUT2D eigenvalue weighted by Crippen LogP contribution is 2.25. The van der Waals surface area contributed by atoms with Gasteiger partial charge in [-0.1, -0.05) is 11.3 Å². The van der Waals surface area contributed by atoms with Crippen LogP contribution < -0.4 is 10.5 Å². The molecule has 8 heteroatoms. The van der Waals surface area contributed by atoms with Crippen LogP contribution >= 0.6 is 0 Å². The molecule has 124 valence electrons. The average Bonchev–Trinajstić information content (AvgIpc) is 3.07. The molecule has 4 rings (SSSR count). The molecule has 1 fully saturated rings. The van der Waals surface area contributed by atoms with Crippen molar-refractivity contribution in [2.24, 2.45) is 0 Å². The van der Waals surface area contributed by atoms with Crippen LogP contribution in [0.15, 0.2) is 47.7 Å². The maximum Gasteiger partial charge on any atom is 0.259 e. The number of hydrogen-bond donors (Lipinski definition) is 1. The largest absolute Gasteiger partial charge is 0.386 e. The van der Waals surface area contributed by atoms with E-state index in [-0.39, 0.29) is 5.56 Å². The van der Waals surface area contributed by atoms with Crippen LogP contribution in [0, 0.1) is 0 Å². The summed E-state index contributed by atoms with van der Waals surface area (Å²) in [5.41, 5.74) is -0.443. The fourth-order valence-corrected chi connectivity index (χ4v) is 3.26. The maximum absolute atomic E-state index is 12.3. The van der Waals surface area contributed by atoms with Crippen LogP contribution in [-0.2, 0) is 6.54 Å². The Hall–Kier alpha value is -2.74. The van der Waals surface area contributed by atoms with Crippen LogP contribution in [0.25, 0.3) is 5.65 Å². The van der Waals surface area contributed by atoms with E-state index in [1.165, 1.54) is 10.5 Å². The van der Waals surface area contributed by atoms with Gasteiger partial charge in [0.05, 0.1) is 12.7 Å². The summed E-state index contributed by atoms with van der Waals surface area (Å²) in [6.45, 7) is 1.54. The summed E-state index contributed by atoms with van der Waals surface area (Å²) in [6.07, 6.45) is 6.52. The van der Waals surface area contributed by atoms with Gasteiger partial charge in [-0.2, -0.15) is 0 Å². The lowest BCUT2D eigenvalue weighted by Crippen LogP contribution is -2.51. The molecule has 3 aromatic heterocycles. The first kappa shape index (κ1) is 14.8. The minimum Gasteiger partial charge on any atom is -0.386 e. The van der Waals surface area contributed by atoms with Gasteiger partial charge < -0.3 is 10.0 Å². The zero-order valence-corrected chi connectivity index (χ0v) is 13.1. The highest BCUT2D eigenvalue weighted by atomic mass is 16.3. The van der Waals surface area contributed by atoms with E-state index < -0.39 is 5.60 Å². The van der Waals surface area contributed by atoms with Gasteiger partial charge in [0, 0.05) is 31.5 Å². The topological polar surface area (TPSA) is 88.5 Å². The number of hydrogen-bond acceptors (Lipinski definition) is 6. The third kappa shape index (κ3) is 2.76. The van der Waals surface area contributed by atoms with Crippen LogP contribution in [0.5, 0.6) is 0 Å². The molecule has 1 N–H and O–H groups in total. The van der Waals surface area contributed by atoms with Crippen LogP contribution in [0.3, 0.4) is 0 Å². The molecule has 0 bridgehead atoms. The molecule has 8 nitrogen and oxygen atoms in total. The van der Waals surface area contributed by atoms with Gasteiger partial charge in [0.2, 0.25) is 0 Å². The minimum absolute atomic E-state index is 0.124. The molecule has 0 amide bonds. The molecule has 0 spiro atoms. The number of anilines is 1. The molecule has 1 saturated heterocycles. The van der Waals surface area contributed by atoms with Crippen LogP contribution in [-0.4, -0.2) is 48.2 Å². The molecule has 0 radical (unpaired) electrons. The summed E-state index contributed by atoms with van der Waals surface area (Å²) in [7, 11) is 0. The molecule has 4 heterocycles. The van der Waals surface area contributed by atoms with Crippen molar-refractivity contribution in [2.75, 3.05) is 18.0 Å². The lowest BCUT2D eigenvalue weighted by molar-refractivity contribution is 0.00585. The fourth-order valence-electron chi connectivity index (χ4n) is 3.26. The van der Waals surface area contributed by atoms with Crippen molar-refractivity contribution in [3.63, 3.8) is 0 Å². The molecule has 0 aliphatic carbocycles. The number of β-amino-alcohol motifs (C(OH)–C–C–N with tert-alkyl or cyclic N) is 1. The summed E-state index contributed by atoms with van der Waals surface area (Å²) in [5, 5.41) is 18.6. The average molecular weight is 326 g/mol. The van der Waals surface area contributed by atoms with E-state index in [1.54, 1.807) is 35.4 Å².